The van der Waals surface area contributed by atoms with Gasteiger partial charge in [0.1, 0.15) is 22.5 Å². The first-order chi connectivity index (χ1) is 9.97. The Morgan fingerprint density at radius 3 is 2.95 bits per heavy atom. The molecular weight excluding hydrogens is 286 g/mol. The van der Waals surface area contributed by atoms with Gasteiger partial charge in [0.25, 0.3) is 0 Å². The van der Waals surface area contributed by atoms with E-state index >= 15 is 0 Å². The van der Waals surface area contributed by atoms with Crippen molar-refractivity contribution in [3.63, 3.8) is 0 Å². The lowest BCUT2D eigenvalue weighted by atomic mass is 9.87. The monoisotopic (exact) mass is 305 g/mol. The van der Waals surface area contributed by atoms with Crippen molar-refractivity contribution in [2.24, 2.45) is 0 Å². The molecule has 1 aliphatic rings. The Bertz CT molecular complexity index is 710. The quantitative estimate of drug-likeness (QED) is 0.909. The maximum Gasteiger partial charge on any atom is 0.325 e. The molecular formula is C15H19N3O2S. The Balaban J connectivity index is 2.18. The number of aliphatic carboxylic acids is 1. The number of aromatic nitrogens is 2. The number of aryl methyl sites for hydroxylation is 2. The van der Waals surface area contributed by atoms with Crippen LogP contribution in [-0.4, -0.2) is 27.1 Å². The van der Waals surface area contributed by atoms with Gasteiger partial charge in [-0.05, 0) is 44.6 Å². The van der Waals surface area contributed by atoms with Gasteiger partial charge in [-0.25, -0.2) is 9.97 Å². The summed E-state index contributed by atoms with van der Waals surface area (Å²) in [5, 5.41) is 13.2. The number of fused-ring (bicyclic) bond motifs is 3. The van der Waals surface area contributed by atoms with Gasteiger partial charge in [0.2, 0.25) is 0 Å². The van der Waals surface area contributed by atoms with Gasteiger partial charge >= 0.3 is 5.97 Å². The first kappa shape index (κ1) is 14.3. The lowest BCUT2D eigenvalue weighted by molar-refractivity contribution is -0.137. The zero-order chi connectivity index (χ0) is 15.1. The van der Waals surface area contributed by atoms with Gasteiger partial charge in [-0.2, -0.15) is 0 Å². The van der Waals surface area contributed by atoms with E-state index in [1.54, 1.807) is 18.3 Å². The van der Waals surface area contributed by atoms with Gasteiger partial charge in [-0.3, -0.25) is 4.79 Å². The number of carbonyl (C=O) groups is 1. The van der Waals surface area contributed by atoms with Crippen molar-refractivity contribution >= 4 is 33.3 Å². The number of anilines is 1. The molecule has 2 N–H and O–H groups in total. The van der Waals surface area contributed by atoms with E-state index < -0.39 is 12.0 Å². The molecule has 0 spiro atoms. The molecule has 5 nitrogen and oxygen atoms in total. The summed E-state index contributed by atoms with van der Waals surface area (Å²) in [6.45, 7) is 5.71. The molecule has 112 valence electrons. The Labute approximate surface area is 127 Å². The van der Waals surface area contributed by atoms with Crippen molar-refractivity contribution in [2.45, 2.75) is 52.0 Å². The van der Waals surface area contributed by atoms with Crippen LogP contribution in [0, 0.1) is 6.92 Å². The lowest BCUT2D eigenvalue weighted by Gasteiger charge is -2.20. The minimum Gasteiger partial charge on any atom is -0.480 e. The highest BCUT2D eigenvalue weighted by Crippen LogP contribution is 2.43. The Hall–Kier alpha value is -1.69. The van der Waals surface area contributed by atoms with Crippen molar-refractivity contribution in [2.75, 3.05) is 5.32 Å². The molecule has 3 rings (SSSR count). The van der Waals surface area contributed by atoms with Crippen LogP contribution in [-0.2, 0) is 11.2 Å². The summed E-state index contributed by atoms with van der Waals surface area (Å²) in [6, 6.07) is -0.669. The van der Waals surface area contributed by atoms with Crippen LogP contribution in [0.15, 0.2) is 0 Å². The fourth-order valence-corrected chi connectivity index (χ4v) is 4.35. The second-order valence-corrected chi connectivity index (χ2v) is 6.82. The minimum absolute atomic E-state index is 0.481. The van der Waals surface area contributed by atoms with Crippen molar-refractivity contribution in [3.8, 4) is 0 Å². The van der Waals surface area contributed by atoms with Crippen molar-refractivity contribution in [1.29, 1.82) is 0 Å². The molecule has 0 saturated heterocycles. The molecule has 0 saturated carbocycles. The maximum atomic E-state index is 11.1. The number of nitrogens with one attached hydrogen (secondary N) is 1. The van der Waals surface area contributed by atoms with Gasteiger partial charge in [0, 0.05) is 4.88 Å². The van der Waals surface area contributed by atoms with E-state index in [9.17, 15) is 4.79 Å². The third-order valence-electron chi connectivity index (χ3n) is 4.03. The van der Waals surface area contributed by atoms with E-state index in [1.807, 2.05) is 6.92 Å². The van der Waals surface area contributed by atoms with Crippen molar-refractivity contribution in [1.82, 2.24) is 9.97 Å². The summed E-state index contributed by atoms with van der Waals surface area (Å²) in [7, 11) is 0. The molecule has 6 heteroatoms. The molecule has 2 heterocycles. The number of carboxylic acid groups (broad SMARTS) is 1. The smallest absolute Gasteiger partial charge is 0.325 e. The Kier molecular flexibility index (Phi) is 3.57. The molecule has 2 atom stereocenters. The zero-order valence-corrected chi connectivity index (χ0v) is 13.3. The molecule has 0 aliphatic heterocycles. The third-order valence-corrected chi connectivity index (χ3v) is 5.19. The van der Waals surface area contributed by atoms with Gasteiger partial charge in [-0.1, -0.05) is 6.92 Å². The predicted molar refractivity (Wildman–Crippen MR) is 84.2 cm³/mol. The van der Waals surface area contributed by atoms with Crippen molar-refractivity contribution in [3.05, 3.63) is 16.3 Å². The maximum absolute atomic E-state index is 11.1. The first-order valence-corrected chi connectivity index (χ1v) is 8.08. The van der Waals surface area contributed by atoms with Crippen LogP contribution in [0.25, 0.3) is 10.2 Å². The Morgan fingerprint density at radius 1 is 1.48 bits per heavy atom. The standard InChI is InChI=1S/C15H19N3O2S/c1-7-5-4-6-10-11(7)12-13(16-8(2)15(19)20)17-9(3)18-14(12)21-10/h7-8H,4-6H2,1-3H3,(H,19,20)(H,16,17,18). The number of carboxylic acids is 1. The van der Waals surface area contributed by atoms with Gasteiger partial charge < -0.3 is 10.4 Å². The number of thiophene rings is 1. The molecule has 0 radical (unpaired) electrons. The van der Waals surface area contributed by atoms with Gasteiger partial charge in [0.15, 0.2) is 0 Å². The first-order valence-electron chi connectivity index (χ1n) is 7.26. The molecule has 0 fully saturated rings. The number of hydrogen-bond donors (Lipinski definition) is 2. The molecule has 2 aromatic rings. The summed E-state index contributed by atoms with van der Waals surface area (Å²) in [6.07, 6.45) is 3.47. The summed E-state index contributed by atoms with van der Waals surface area (Å²) in [5.74, 6) is 0.943. The molecule has 2 aromatic heterocycles. The van der Waals surface area contributed by atoms with E-state index in [0.29, 0.717) is 17.6 Å². The average Bonchev–Trinajstić information content (AvgIpc) is 2.77. The SMILES string of the molecule is Cc1nc(NC(C)C(=O)O)c2c3c(sc2n1)CCCC3C. The normalized spacial score (nSPS) is 19.3. The summed E-state index contributed by atoms with van der Waals surface area (Å²) in [4.78, 5) is 22.5. The van der Waals surface area contributed by atoms with E-state index in [0.717, 1.165) is 16.6 Å². The summed E-state index contributed by atoms with van der Waals surface area (Å²) < 4.78 is 0. The molecule has 0 aromatic carbocycles. The topological polar surface area (TPSA) is 75.1 Å². The zero-order valence-electron chi connectivity index (χ0n) is 12.4. The summed E-state index contributed by atoms with van der Waals surface area (Å²) in [5.41, 5.74) is 1.32. The molecule has 21 heavy (non-hydrogen) atoms. The van der Waals surface area contributed by atoms with E-state index in [-0.39, 0.29) is 0 Å². The second kappa shape index (κ2) is 5.26. The van der Waals surface area contributed by atoms with Gasteiger partial charge in [0.05, 0.1) is 5.39 Å². The van der Waals surface area contributed by atoms with Crippen LogP contribution in [0.1, 0.15) is 48.9 Å². The highest BCUT2D eigenvalue weighted by molar-refractivity contribution is 7.19. The predicted octanol–water partition coefficient (Wildman–Crippen LogP) is 3.32. The van der Waals surface area contributed by atoms with E-state index in [4.69, 9.17) is 5.11 Å². The lowest BCUT2D eigenvalue weighted by Crippen LogP contribution is -2.26. The molecule has 0 bridgehead atoms. The van der Waals surface area contributed by atoms with Crippen LogP contribution < -0.4 is 5.32 Å². The average molecular weight is 305 g/mol. The van der Waals surface area contributed by atoms with Crippen molar-refractivity contribution < 1.29 is 9.90 Å². The molecule has 2 unspecified atom stereocenters. The molecule has 0 amide bonds. The summed E-state index contributed by atoms with van der Waals surface area (Å²) >= 11 is 1.73. The van der Waals surface area contributed by atoms with Crippen LogP contribution in [0.2, 0.25) is 0 Å². The largest absolute Gasteiger partial charge is 0.480 e. The van der Waals surface area contributed by atoms with Crippen LogP contribution in [0.5, 0.6) is 0 Å². The van der Waals surface area contributed by atoms with Crippen LogP contribution >= 0.6 is 11.3 Å². The van der Waals surface area contributed by atoms with Crippen LogP contribution in [0.3, 0.4) is 0 Å². The molecule has 1 aliphatic carbocycles. The Morgan fingerprint density at radius 2 is 2.24 bits per heavy atom. The minimum atomic E-state index is -0.878. The number of nitrogens with zero attached hydrogens (tertiary/aromatic N) is 2. The number of hydrogen-bond acceptors (Lipinski definition) is 5. The van der Waals surface area contributed by atoms with E-state index in [2.05, 4.69) is 22.2 Å². The highest BCUT2D eigenvalue weighted by Gasteiger charge is 2.26. The fourth-order valence-electron chi connectivity index (χ4n) is 2.97. The number of rotatable bonds is 3. The van der Waals surface area contributed by atoms with E-state index in [1.165, 1.54) is 23.3 Å². The second-order valence-electron chi connectivity index (χ2n) is 5.74. The highest BCUT2D eigenvalue weighted by atomic mass is 32.1. The third kappa shape index (κ3) is 2.48. The fraction of sp³-hybridized carbons (Fsp3) is 0.533. The van der Waals surface area contributed by atoms with Crippen LogP contribution in [0.4, 0.5) is 5.82 Å². The van der Waals surface area contributed by atoms with Gasteiger partial charge in [-0.15, -0.1) is 11.3 Å².